The summed E-state index contributed by atoms with van der Waals surface area (Å²) in [6.07, 6.45) is 12.8. The molecule has 0 aliphatic rings. The minimum atomic E-state index is -0.333. The van der Waals surface area contributed by atoms with Gasteiger partial charge in [-0.25, -0.2) is 15.0 Å². The minimum Gasteiger partial charge on any atom is -0.384 e. The number of nitrogens with zero attached hydrogens (tertiary/aromatic N) is 3. The number of anilines is 1. The third-order valence-corrected chi connectivity index (χ3v) is 5.67. The number of amides is 1. The monoisotopic (exact) mass is 454 g/mol. The SMILES string of the molecule is C\C=C(/C=C\C=C(/C)CC)NCCNc1cc(C(=O)NC(C)c2ncc(C=O)s2)ncn1. The Labute approximate surface area is 193 Å². The summed E-state index contributed by atoms with van der Waals surface area (Å²) in [6.45, 7) is 9.34. The number of hydrogen-bond donors (Lipinski definition) is 3. The quantitative estimate of drug-likeness (QED) is 0.252. The summed E-state index contributed by atoms with van der Waals surface area (Å²) in [4.78, 5) is 36.3. The van der Waals surface area contributed by atoms with E-state index >= 15 is 0 Å². The summed E-state index contributed by atoms with van der Waals surface area (Å²) in [5.41, 5.74) is 2.61. The molecule has 0 radical (unpaired) electrons. The van der Waals surface area contributed by atoms with Gasteiger partial charge in [-0.15, -0.1) is 11.3 Å². The lowest BCUT2D eigenvalue weighted by Gasteiger charge is -2.12. The normalized spacial score (nSPS) is 13.1. The molecule has 9 heteroatoms. The Morgan fingerprint density at radius 3 is 2.75 bits per heavy atom. The van der Waals surface area contributed by atoms with Gasteiger partial charge in [0.1, 0.15) is 22.8 Å². The van der Waals surface area contributed by atoms with E-state index in [-0.39, 0.29) is 17.6 Å². The number of nitrogens with one attached hydrogen (secondary N) is 3. The number of aldehydes is 1. The van der Waals surface area contributed by atoms with E-state index in [4.69, 9.17) is 0 Å². The van der Waals surface area contributed by atoms with Gasteiger partial charge in [0.15, 0.2) is 6.29 Å². The standard InChI is InChI=1S/C23H30N6O2S/c1-5-16(3)8-7-9-18(6-2)24-10-11-25-21-12-20(27-15-28-21)22(31)29-17(4)23-26-13-19(14-30)32-23/h6-9,12-15,17,24H,5,10-11H2,1-4H3,(H,29,31)(H,25,27,28)/b9-7-,16-8+,18-6+. The van der Waals surface area contributed by atoms with Gasteiger partial charge in [-0.1, -0.05) is 30.7 Å². The van der Waals surface area contributed by atoms with Crippen molar-refractivity contribution in [1.29, 1.82) is 0 Å². The Kier molecular flexibility index (Phi) is 10.3. The zero-order valence-corrected chi connectivity index (χ0v) is 19.7. The highest BCUT2D eigenvalue weighted by atomic mass is 32.1. The third kappa shape index (κ3) is 8.07. The number of hydrogen-bond acceptors (Lipinski definition) is 8. The minimum absolute atomic E-state index is 0.254. The van der Waals surface area contributed by atoms with Crippen LogP contribution in [0, 0.1) is 0 Å². The van der Waals surface area contributed by atoms with E-state index in [1.165, 1.54) is 29.4 Å². The summed E-state index contributed by atoms with van der Waals surface area (Å²) in [7, 11) is 0. The molecule has 2 aromatic rings. The van der Waals surface area contributed by atoms with Crippen LogP contribution in [-0.2, 0) is 0 Å². The van der Waals surface area contributed by atoms with Gasteiger partial charge in [0.25, 0.3) is 5.91 Å². The van der Waals surface area contributed by atoms with E-state index in [1.807, 2.05) is 32.1 Å². The van der Waals surface area contributed by atoms with Crippen LogP contribution in [0.3, 0.4) is 0 Å². The average Bonchev–Trinajstić information content (AvgIpc) is 3.30. The molecule has 1 unspecified atom stereocenters. The predicted octanol–water partition coefficient (Wildman–Crippen LogP) is 4.05. The molecule has 0 aliphatic carbocycles. The van der Waals surface area contributed by atoms with Crippen LogP contribution in [0.4, 0.5) is 5.82 Å². The van der Waals surface area contributed by atoms with E-state index in [0.717, 1.165) is 18.4 Å². The van der Waals surface area contributed by atoms with Crippen LogP contribution in [-0.4, -0.2) is 40.2 Å². The summed E-state index contributed by atoms with van der Waals surface area (Å²) in [5.74, 6) is 0.233. The topological polar surface area (TPSA) is 109 Å². The maximum atomic E-state index is 12.5. The van der Waals surface area contributed by atoms with Crippen LogP contribution in [0.25, 0.3) is 0 Å². The molecule has 8 nitrogen and oxygen atoms in total. The van der Waals surface area contributed by atoms with Gasteiger partial charge in [0.05, 0.1) is 10.9 Å². The van der Waals surface area contributed by atoms with Crippen molar-refractivity contribution in [2.24, 2.45) is 0 Å². The molecule has 0 saturated heterocycles. The molecule has 1 amide bonds. The van der Waals surface area contributed by atoms with Gasteiger partial charge < -0.3 is 16.0 Å². The number of thiazole rings is 1. The number of rotatable bonds is 12. The molecule has 32 heavy (non-hydrogen) atoms. The molecule has 0 spiro atoms. The van der Waals surface area contributed by atoms with E-state index in [9.17, 15) is 9.59 Å². The van der Waals surface area contributed by atoms with Crippen molar-refractivity contribution in [2.45, 2.75) is 40.2 Å². The van der Waals surface area contributed by atoms with Crippen molar-refractivity contribution < 1.29 is 9.59 Å². The second kappa shape index (κ2) is 13.2. The van der Waals surface area contributed by atoms with E-state index in [0.29, 0.717) is 28.8 Å². The lowest BCUT2D eigenvalue weighted by atomic mass is 10.2. The molecule has 3 N–H and O–H groups in total. The molecule has 2 aromatic heterocycles. The first-order chi connectivity index (χ1) is 15.5. The summed E-state index contributed by atoms with van der Waals surface area (Å²) >= 11 is 1.25. The van der Waals surface area contributed by atoms with Crippen LogP contribution < -0.4 is 16.0 Å². The third-order valence-electron chi connectivity index (χ3n) is 4.56. The van der Waals surface area contributed by atoms with Crippen molar-refractivity contribution in [3.63, 3.8) is 0 Å². The molecule has 2 heterocycles. The summed E-state index contributed by atoms with van der Waals surface area (Å²) in [5, 5.41) is 10.0. The first kappa shape index (κ1) is 24.9. The maximum absolute atomic E-state index is 12.5. The molecule has 170 valence electrons. The van der Waals surface area contributed by atoms with Crippen molar-refractivity contribution in [3.8, 4) is 0 Å². The first-order valence-electron chi connectivity index (χ1n) is 10.5. The zero-order chi connectivity index (χ0) is 23.3. The molecule has 0 bridgehead atoms. The van der Waals surface area contributed by atoms with Gasteiger partial charge in [-0.05, 0) is 33.3 Å². The molecule has 2 rings (SSSR count). The fourth-order valence-corrected chi connectivity index (χ4v) is 3.29. The fraction of sp³-hybridized carbons (Fsp3) is 0.348. The predicted molar refractivity (Wildman–Crippen MR) is 129 cm³/mol. The molecule has 0 fully saturated rings. The van der Waals surface area contributed by atoms with Gasteiger partial charge in [0, 0.05) is 31.0 Å². The lowest BCUT2D eigenvalue weighted by molar-refractivity contribution is 0.0934. The largest absolute Gasteiger partial charge is 0.384 e. The molecular weight excluding hydrogens is 424 g/mol. The van der Waals surface area contributed by atoms with Gasteiger partial charge >= 0.3 is 0 Å². The van der Waals surface area contributed by atoms with E-state index < -0.39 is 0 Å². The molecule has 1 atom stereocenters. The molecular formula is C23H30N6O2S. The van der Waals surface area contributed by atoms with Crippen LogP contribution in [0.15, 0.2) is 54.2 Å². The van der Waals surface area contributed by atoms with Gasteiger partial charge in [-0.3, -0.25) is 9.59 Å². The van der Waals surface area contributed by atoms with E-state index in [1.54, 1.807) is 6.07 Å². The first-order valence-corrected chi connectivity index (χ1v) is 11.3. The fourth-order valence-electron chi connectivity index (χ4n) is 2.55. The second-order valence-electron chi connectivity index (χ2n) is 7.03. The van der Waals surface area contributed by atoms with Crippen LogP contribution >= 0.6 is 11.3 Å². The van der Waals surface area contributed by atoms with Crippen molar-refractivity contribution in [3.05, 3.63) is 69.7 Å². The number of aromatic nitrogens is 3. The second-order valence-corrected chi connectivity index (χ2v) is 8.12. The lowest BCUT2D eigenvalue weighted by Crippen LogP contribution is -2.27. The van der Waals surface area contributed by atoms with Gasteiger partial charge in [0.2, 0.25) is 0 Å². The van der Waals surface area contributed by atoms with Crippen LogP contribution in [0.2, 0.25) is 0 Å². The highest BCUT2D eigenvalue weighted by Crippen LogP contribution is 2.19. The molecule has 0 saturated carbocycles. The Hall–Kier alpha value is -3.33. The van der Waals surface area contributed by atoms with E-state index in [2.05, 4.69) is 50.8 Å². The number of allylic oxidation sites excluding steroid dienone is 5. The highest BCUT2D eigenvalue weighted by molar-refractivity contribution is 7.13. The van der Waals surface area contributed by atoms with Crippen LogP contribution in [0.5, 0.6) is 0 Å². The highest BCUT2D eigenvalue weighted by Gasteiger charge is 2.16. The Morgan fingerprint density at radius 2 is 2.06 bits per heavy atom. The van der Waals surface area contributed by atoms with Crippen molar-refractivity contribution in [2.75, 3.05) is 18.4 Å². The Bertz CT molecular complexity index is 996. The number of carbonyl (C=O) groups is 2. The Balaban J connectivity index is 1.84. The average molecular weight is 455 g/mol. The summed E-state index contributed by atoms with van der Waals surface area (Å²) < 4.78 is 0. The van der Waals surface area contributed by atoms with Crippen molar-refractivity contribution >= 4 is 29.3 Å². The zero-order valence-electron chi connectivity index (χ0n) is 18.9. The number of carbonyl (C=O) groups excluding carboxylic acids is 2. The van der Waals surface area contributed by atoms with Crippen molar-refractivity contribution in [1.82, 2.24) is 25.6 Å². The van der Waals surface area contributed by atoms with Gasteiger partial charge in [-0.2, -0.15) is 0 Å². The van der Waals surface area contributed by atoms with Crippen LogP contribution in [0.1, 0.15) is 65.3 Å². The molecule has 0 aromatic carbocycles. The smallest absolute Gasteiger partial charge is 0.270 e. The Morgan fingerprint density at radius 1 is 1.25 bits per heavy atom. The maximum Gasteiger partial charge on any atom is 0.270 e. The summed E-state index contributed by atoms with van der Waals surface area (Å²) in [6, 6.07) is 1.27. The molecule has 0 aliphatic heterocycles.